The predicted octanol–water partition coefficient (Wildman–Crippen LogP) is 6.10. The van der Waals surface area contributed by atoms with Gasteiger partial charge in [0.05, 0.1) is 0 Å². The maximum atomic E-state index is 2.45. The maximum absolute atomic E-state index is 2.45. The van der Waals surface area contributed by atoms with Crippen LogP contribution in [0.4, 0.5) is 0 Å². The Bertz CT molecular complexity index is 824. The molecule has 1 nitrogen and oxygen atoms in total. The molecule has 0 unspecified atom stereocenters. The van der Waals surface area contributed by atoms with Crippen LogP contribution in [0.2, 0.25) is 0 Å². The Kier molecular flexibility index (Phi) is 3.81. The van der Waals surface area contributed by atoms with Crippen LogP contribution in [0.15, 0.2) is 48.5 Å². The van der Waals surface area contributed by atoms with Crippen molar-refractivity contribution in [3.05, 3.63) is 54.1 Å². The molecular formula is C19H21NS. The average molecular weight is 295 g/mol. The van der Waals surface area contributed by atoms with Gasteiger partial charge in [-0.2, -0.15) is 0 Å². The molecule has 0 saturated heterocycles. The summed E-state index contributed by atoms with van der Waals surface area (Å²) in [6.07, 6.45) is 4.33. The summed E-state index contributed by atoms with van der Waals surface area (Å²) in [6, 6.07) is 16.0. The van der Waals surface area contributed by atoms with Crippen molar-refractivity contribution in [3.8, 4) is 0 Å². The summed E-state index contributed by atoms with van der Waals surface area (Å²) in [5.41, 5.74) is 3.96. The highest BCUT2D eigenvalue weighted by molar-refractivity contribution is 8.07. The predicted molar refractivity (Wildman–Crippen MR) is 97.0 cm³/mol. The highest BCUT2D eigenvalue weighted by Crippen LogP contribution is 2.35. The molecule has 2 heteroatoms. The van der Waals surface area contributed by atoms with Crippen molar-refractivity contribution >= 4 is 38.5 Å². The van der Waals surface area contributed by atoms with E-state index < -0.39 is 0 Å². The summed E-state index contributed by atoms with van der Waals surface area (Å²) in [7, 11) is 0. The number of para-hydroxylation sites is 1. The normalized spacial score (nSPS) is 12.7. The fourth-order valence-electron chi connectivity index (χ4n) is 3.11. The number of hydrogen-bond donors (Lipinski definition) is 0. The molecule has 3 rings (SSSR count). The van der Waals surface area contributed by atoms with E-state index in [2.05, 4.69) is 80.1 Å². The van der Waals surface area contributed by atoms with E-state index in [-0.39, 0.29) is 0 Å². The van der Waals surface area contributed by atoms with Crippen molar-refractivity contribution < 1.29 is 0 Å². The van der Waals surface area contributed by atoms with Gasteiger partial charge >= 0.3 is 0 Å². The van der Waals surface area contributed by atoms with Gasteiger partial charge in [-0.15, -0.1) is 11.8 Å². The zero-order valence-electron chi connectivity index (χ0n) is 13.1. The molecule has 0 saturated carbocycles. The van der Waals surface area contributed by atoms with E-state index in [1.807, 2.05) is 0 Å². The van der Waals surface area contributed by atoms with Crippen molar-refractivity contribution in [1.29, 1.82) is 0 Å². The van der Waals surface area contributed by atoms with Gasteiger partial charge < -0.3 is 4.57 Å². The Balaban J connectivity index is 2.39. The van der Waals surface area contributed by atoms with E-state index in [1.165, 1.54) is 32.3 Å². The van der Waals surface area contributed by atoms with E-state index in [9.17, 15) is 0 Å². The summed E-state index contributed by atoms with van der Waals surface area (Å²) in [4.78, 5) is 1.33. The summed E-state index contributed by atoms with van der Waals surface area (Å²) in [5, 5.41) is 2.69. The molecule has 0 aliphatic carbocycles. The third-order valence-electron chi connectivity index (χ3n) is 3.99. The largest absolute Gasteiger partial charge is 0.338 e. The molecule has 0 fully saturated rings. The van der Waals surface area contributed by atoms with Crippen molar-refractivity contribution in [2.75, 3.05) is 6.26 Å². The van der Waals surface area contributed by atoms with Crippen LogP contribution in [-0.4, -0.2) is 10.8 Å². The molecule has 1 heterocycles. The van der Waals surface area contributed by atoms with Crippen LogP contribution in [0.1, 0.15) is 32.4 Å². The molecular weight excluding hydrogens is 274 g/mol. The first kappa shape index (κ1) is 14.3. The van der Waals surface area contributed by atoms with Crippen molar-refractivity contribution in [1.82, 2.24) is 4.57 Å². The molecule has 0 spiro atoms. The minimum atomic E-state index is 0.450. The first-order valence-electron chi connectivity index (χ1n) is 7.40. The fraction of sp³-hybridized carbons (Fsp3) is 0.263. The average Bonchev–Trinajstić information content (AvgIpc) is 2.82. The second-order valence-electron chi connectivity index (χ2n) is 5.57. The van der Waals surface area contributed by atoms with E-state index in [0.29, 0.717) is 6.04 Å². The second-order valence-corrected chi connectivity index (χ2v) is 6.42. The van der Waals surface area contributed by atoms with Gasteiger partial charge in [0, 0.05) is 32.8 Å². The summed E-state index contributed by atoms with van der Waals surface area (Å²) >= 11 is 1.80. The highest BCUT2D eigenvalue weighted by atomic mass is 32.2. The van der Waals surface area contributed by atoms with Crippen molar-refractivity contribution in [2.24, 2.45) is 0 Å². The van der Waals surface area contributed by atoms with Gasteiger partial charge in [0.1, 0.15) is 0 Å². The first-order valence-corrected chi connectivity index (χ1v) is 8.63. The monoisotopic (exact) mass is 295 g/mol. The zero-order valence-corrected chi connectivity index (χ0v) is 13.9. The molecule has 0 radical (unpaired) electrons. The third kappa shape index (κ3) is 2.28. The number of thioether (sulfide) groups is 1. The van der Waals surface area contributed by atoms with Crippen LogP contribution in [0.5, 0.6) is 0 Å². The molecule has 3 aromatic rings. The van der Waals surface area contributed by atoms with Crippen molar-refractivity contribution in [2.45, 2.75) is 26.8 Å². The standard InChI is InChI=1S/C19H21NS/c1-5-19(21-4)14-10-11-16-15-8-6-7-9-17(15)20(13(2)3)18(16)12-14/h5-13H,1-4H3/b19-5-. The minimum absolute atomic E-state index is 0.450. The van der Waals surface area contributed by atoms with Gasteiger partial charge in [-0.05, 0) is 44.7 Å². The lowest BCUT2D eigenvalue weighted by Crippen LogP contribution is -1.99. The molecule has 0 aliphatic heterocycles. The van der Waals surface area contributed by atoms with E-state index >= 15 is 0 Å². The summed E-state index contributed by atoms with van der Waals surface area (Å²) in [6.45, 7) is 6.61. The van der Waals surface area contributed by atoms with Crippen LogP contribution in [0.3, 0.4) is 0 Å². The number of benzene rings is 2. The molecule has 0 atom stereocenters. The topological polar surface area (TPSA) is 4.93 Å². The van der Waals surface area contributed by atoms with Crippen LogP contribution < -0.4 is 0 Å². The van der Waals surface area contributed by atoms with E-state index in [4.69, 9.17) is 0 Å². The maximum Gasteiger partial charge on any atom is 0.0500 e. The van der Waals surface area contributed by atoms with Crippen molar-refractivity contribution in [3.63, 3.8) is 0 Å². The lowest BCUT2D eigenvalue weighted by atomic mass is 10.1. The summed E-state index contributed by atoms with van der Waals surface area (Å²) in [5.74, 6) is 0. The van der Waals surface area contributed by atoms with E-state index in [1.54, 1.807) is 11.8 Å². The van der Waals surface area contributed by atoms with Gasteiger partial charge in [0.25, 0.3) is 0 Å². The van der Waals surface area contributed by atoms with Crippen LogP contribution in [0, 0.1) is 0 Å². The van der Waals surface area contributed by atoms with E-state index in [0.717, 1.165) is 0 Å². The summed E-state index contributed by atoms with van der Waals surface area (Å²) < 4.78 is 2.45. The molecule has 1 aromatic heterocycles. The Morgan fingerprint density at radius 1 is 1.05 bits per heavy atom. The fourth-order valence-corrected chi connectivity index (χ4v) is 3.71. The molecule has 108 valence electrons. The van der Waals surface area contributed by atoms with Gasteiger partial charge in [0.15, 0.2) is 0 Å². The molecule has 0 amide bonds. The highest BCUT2D eigenvalue weighted by Gasteiger charge is 2.13. The minimum Gasteiger partial charge on any atom is -0.338 e. The van der Waals surface area contributed by atoms with Gasteiger partial charge in [-0.1, -0.05) is 36.4 Å². The number of rotatable bonds is 3. The third-order valence-corrected chi connectivity index (χ3v) is 4.91. The molecule has 0 N–H and O–H groups in total. The van der Waals surface area contributed by atoms with Gasteiger partial charge in [-0.3, -0.25) is 0 Å². The lowest BCUT2D eigenvalue weighted by Gasteiger charge is -2.12. The lowest BCUT2D eigenvalue weighted by molar-refractivity contribution is 0.642. The number of hydrogen-bond acceptors (Lipinski definition) is 1. The Morgan fingerprint density at radius 3 is 2.43 bits per heavy atom. The second kappa shape index (κ2) is 5.61. The Morgan fingerprint density at radius 2 is 1.76 bits per heavy atom. The Labute approximate surface area is 130 Å². The zero-order chi connectivity index (χ0) is 15.0. The number of fused-ring (bicyclic) bond motifs is 3. The molecule has 0 aliphatic rings. The van der Waals surface area contributed by atoms with Crippen LogP contribution in [0.25, 0.3) is 26.7 Å². The molecule has 21 heavy (non-hydrogen) atoms. The molecule has 2 aromatic carbocycles. The number of aromatic nitrogens is 1. The van der Waals surface area contributed by atoms with Gasteiger partial charge in [0.2, 0.25) is 0 Å². The first-order chi connectivity index (χ1) is 10.2. The Hall–Kier alpha value is -1.67. The van der Waals surface area contributed by atoms with Crippen LogP contribution in [-0.2, 0) is 0 Å². The number of allylic oxidation sites excluding steroid dienone is 1. The van der Waals surface area contributed by atoms with Gasteiger partial charge in [-0.25, -0.2) is 0 Å². The SMILES string of the molecule is C/C=C(\SC)c1ccc2c3ccccc3n(C(C)C)c2c1. The van der Waals surface area contributed by atoms with Crippen LogP contribution >= 0.6 is 11.8 Å². The quantitative estimate of drug-likeness (QED) is 0.565. The molecule has 0 bridgehead atoms. The smallest absolute Gasteiger partial charge is 0.0500 e. The number of nitrogens with zero attached hydrogens (tertiary/aromatic N) is 1.